The van der Waals surface area contributed by atoms with Crippen LogP contribution >= 0.6 is 0 Å². The van der Waals surface area contributed by atoms with E-state index in [2.05, 4.69) is 10.6 Å². The summed E-state index contributed by atoms with van der Waals surface area (Å²) in [7, 11) is 3.01. The second kappa shape index (κ2) is 12.5. The van der Waals surface area contributed by atoms with E-state index in [-0.39, 0.29) is 31.3 Å². The number of nitrogens with one attached hydrogen (secondary N) is 2. The number of ether oxygens (including phenoxy) is 3. The number of Topliss-reactive ketones (excluding diaryl/α,β-unsaturated/α-hetero) is 1. The van der Waals surface area contributed by atoms with Crippen LogP contribution in [0, 0.1) is 5.92 Å². The van der Waals surface area contributed by atoms with Crippen molar-refractivity contribution in [1.29, 1.82) is 0 Å². The standard InChI is InChI=1S/C27H34N2O7/c1-5-36-27(33)19(11-17-9-7-6-8-10-17)15-28-16(2)25(30)24-20-14-23(35-4)22(34-3)13-18(20)12-21(29-24)26(31)32/h6-10,13-14,16,19,21,24,28-29H,5,11-12,15H2,1-4H3,(H,31,32). The monoisotopic (exact) mass is 498 g/mol. The van der Waals surface area contributed by atoms with Gasteiger partial charge in [0.15, 0.2) is 17.3 Å². The lowest BCUT2D eigenvalue weighted by atomic mass is 9.86. The lowest BCUT2D eigenvalue weighted by Gasteiger charge is -2.33. The fourth-order valence-corrected chi connectivity index (χ4v) is 4.41. The molecule has 0 amide bonds. The predicted molar refractivity (Wildman–Crippen MR) is 133 cm³/mol. The second-order valence-corrected chi connectivity index (χ2v) is 8.77. The van der Waals surface area contributed by atoms with Crippen LogP contribution in [0.3, 0.4) is 0 Å². The van der Waals surface area contributed by atoms with Crippen LogP contribution in [-0.4, -0.2) is 62.3 Å². The normalized spacial score (nSPS) is 18.4. The van der Waals surface area contributed by atoms with E-state index in [1.807, 2.05) is 30.3 Å². The first-order chi connectivity index (χ1) is 17.3. The minimum absolute atomic E-state index is 0.207. The van der Waals surface area contributed by atoms with Gasteiger partial charge in [0, 0.05) is 6.54 Å². The predicted octanol–water partition coefficient (Wildman–Crippen LogP) is 2.31. The molecular weight excluding hydrogens is 464 g/mol. The Kier molecular flexibility index (Phi) is 9.44. The number of rotatable bonds is 12. The molecule has 2 aromatic rings. The fourth-order valence-electron chi connectivity index (χ4n) is 4.41. The third-order valence-electron chi connectivity index (χ3n) is 6.37. The molecule has 9 heteroatoms. The maximum absolute atomic E-state index is 13.5. The van der Waals surface area contributed by atoms with Crippen LogP contribution in [0.1, 0.15) is 36.6 Å². The molecule has 3 rings (SSSR count). The largest absolute Gasteiger partial charge is 0.493 e. The first kappa shape index (κ1) is 27.2. The molecule has 194 valence electrons. The van der Waals surface area contributed by atoms with E-state index in [1.54, 1.807) is 26.0 Å². The van der Waals surface area contributed by atoms with Gasteiger partial charge in [0.25, 0.3) is 0 Å². The molecule has 0 saturated carbocycles. The molecule has 4 unspecified atom stereocenters. The van der Waals surface area contributed by atoms with Crippen LogP contribution in [0.2, 0.25) is 0 Å². The molecule has 2 aromatic carbocycles. The van der Waals surface area contributed by atoms with Gasteiger partial charge in [-0.15, -0.1) is 0 Å². The first-order valence-electron chi connectivity index (χ1n) is 12.0. The molecule has 0 spiro atoms. The van der Waals surface area contributed by atoms with Gasteiger partial charge >= 0.3 is 11.9 Å². The minimum atomic E-state index is -1.04. The minimum Gasteiger partial charge on any atom is -0.493 e. The number of carboxylic acid groups (broad SMARTS) is 1. The average molecular weight is 499 g/mol. The van der Waals surface area contributed by atoms with Crippen molar-refractivity contribution < 1.29 is 33.7 Å². The van der Waals surface area contributed by atoms with Gasteiger partial charge in [0.1, 0.15) is 6.04 Å². The lowest BCUT2D eigenvalue weighted by molar-refractivity contribution is -0.148. The number of aliphatic carboxylic acids is 1. The summed E-state index contributed by atoms with van der Waals surface area (Å²) < 4.78 is 16.0. The van der Waals surface area contributed by atoms with Crippen molar-refractivity contribution in [2.75, 3.05) is 27.4 Å². The van der Waals surface area contributed by atoms with Crippen LogP contribution in [-0.2, 0) is 32.0 Å². The highest BCUT2D eigenvalue weighted by Gasteiger charge is 2.37. The van der Waals surface area contributed by atoms with Crippen LogP contribution < -0.4 is 20.1 Å². The molecule has 1 aliphatic rings. The third-order valence-corrected chi connectivity index (χ3v) is 6.37. The van der Waals surface area contributed by atoms with Crippen LogP contribution in [0.4, 0.5) is 0 Å². The van der Waals surface area contributed by atoms with E-state index in [4.69, 9.17) is 14.2 Å². The summed E-state index contributed by atoms with van der Waals surface area (Å²) in [5.41, 5.74) is 2.34. The van der Waals surface area contributed by atoms with E-state index in [0.29, 0.717) is 29.0 Å². The highest BCUT2D eigenvalue weighted by atomic mass is 16.5. The zero-order valence-corrected chi connectivity index (χ0v) is 21.1. The van der Waals surface area contributed by atoms with Gasteiger partial charge in [-0.2, -0.15) is 0 Å². The van der Waals surface area contributed by atoms with Crippen LogP contribution in [0.15, 0.2) is 42.5 Å². The summed E-state index contributed by atoms with van der Waals surface area (Å²) in [5.74, 6) is -1.17. The van der Waals surface area contributed by atoms with E-state index >= 15 is 0 Å². The molecule has 9 nitrogen and oxygen atoms in total. The molecule has 0 saturated heterocycles. The van der Waals surface area contributed by atoms with E-state index in [9.17, 15) is 19.5 Å². The highest BCUT2D eigenvalue weighted by molar-refractivity contribution is 5.91. The van der Waals surface area contributed by atoms with Gasteiger partial charge in [-0.25, -0.2) is 0 Å². The molecule has 0 fully saturated rings. The number of fused-ring (bicyclic) bond motifs is 1. The Morgan fingerprint density at radius 2 is 1.78 bits per heavy atom. The van der Waals surface area contributed by atoms with Gasteiger partial charge in [0.2, 0.25) is 0 Å². The first-order valence-corrected chi connectivity index (χ1v) is 12.0. The zero-order valence-electron chi connectivity index (χ0n) is 21.1. The molecule has 0 radical (unpaired) electrons. The molecule has 4 atom stereocenters. The summed E-state index contributed by atoms with van der Waals surface area (Å²) in [6.07, 6.45) is 0.675. The Bertz CT molecular complexity index is 1070. The summed E-state index contributed by atoms with van der Waals surface area (Å²) in [6.45, 7) is 3.96. The number of carbonyl (C=O) groups excluding carboxylic acids is 2. The number of esters is 1. The van der Waals surface area contributed by atoms with Gasteiger partial charge in [0.05, 0.1) is 38.8 Å². The van der Waals surface area contributed by atoms with Crippen molar-refractivity contribution in [2.45, 2.75) is 44.8 Å². The SMILES string of the molecule is CCOC(=O)C(CNC(C)C(=O)C1NC(C(=O)O)Cc2cc(OC)c(OC)cc21)Cc1ccccc1. The van der Waals surface area contributed by atoms with Crippen molar-refractivity contribution in [3.63, 3.8) is 0 Å². The van der Waals surface area contributed by atoms with Crippen molar-refractivity contribution >= 4 is 17.7 Å². The molecule has 0 aliphatic carbocycles. The number of carboxylic acids is 1. The molecule has 0 aromatic heterocycles. The van der Waals surface area contributed by atoms with Crippen molar-refractivity contribution in [3.8, 4) is 11.5 Å². The molecular formula is C27H34N2O7. The van der Waals surface area contributed by atoms with Crippen molar-refractivity contribution in [3.05, 3.63) is 59.2 Å². The number of carbonyl (C=O) groups is 3. The van der Waals surface area contributed by atoms with Gasteiger partial charge in [-0.05, 0) is 55.5 Å². The van der Waals surface area contributed by atoms with Crippen LogP contribution in [0.5, 0.6) is 11.5 Å². The Morgan fingerprint density at radius 3 is 2.39 bits per heavy atom. The second-order valence-electron chi connectivity index (χ2n) is 8.77. The van der Waals surface area contributed by atoms with Gasteiger partial charge in [-0.1, -0.05) is 30.3 Å². The number of ketones is 1. The van der Waals surface area contributed by atoms with Gasteiger partial charge in [-0.3, -0.25) is 19.7 Å². The smallest absolute Gasteiger partial charge is 0.321 e. The highest BCUT2D eigenvalue weighted by Crippen LogP contribution is 2.37. The Labute approximate surface area is 211 Å². The average Bonchev–Trinajstić information content (AvgIpc) is 2.89. The van der Waals surface area contributed by atoms with Gasteiger partial charge < -0.3 is 24.6 Å². The topological polar surface area (TPSA) is 123 Å². The molecule has 36 heavy (non-hydrogen) atoms. The van der Waals surface area contributed by atoms with E-state index in [1.165, 1.54) is 14.2 Å². The summed E-state index contributed by atoms with van der Waals surface area (Å²) in [6, 6.07) is 10.6. The van der Waals surface area contributed by atoms with E-state index < -0.39 is 30.0 Å². The van der Waals surface area contributed by atoms with E-state index in [0.717, 1.165) is 5.56 Å². The Hall–Kier alpha value is -3.43. The number of methoxy groups -OCH3 is 2. The number of hydrogen-bond donors (Lipinski definition) is 3. The number of hydrogen-bond acceptors (Lipinski definition) is 8. The summed E-state index contributed by atoms with van der Waals surface area (Å²) in [5, 5.41) is 15.8. The number of benzene rings is 2. The maximum atomic E-state index is 13.5. The Morgan fingerprint density at radius 1 is 1.11 bits per heavy atom. The fraction of sp³-hybridized carbons (Fsp3) is 0.444. The molecule has 1 heterocycles. The zero-order chi connectivity index (χ0) is 26.2. The Balaban J connectivity index is 1.80. The van der Waals surface area contributed by atoms with Crippen molar-refractivity contribution in [1.82, 2.24) is 10.6 Å². The summed E-state index contributed by atoms with van der Waals surface area (Å²) in [4.78, 5) is 37.9. The third kappa shape index (κ3) is 6.41. The molecule has 3 N–H and O–H groups in total. The molecule has 0 bridgehead atoms. The lowest BCUT2D eigenvalue weighted by Crippen LogP contribution is -2.51. The summed E-state index contributed by atoms with van der Waals surface area (Å²) >= 11 is 0. The quantitative estimate of drug-likeness (QED) is 0.378. The van der Waals surface area contributed by atoms with Crippen LogP contribution in [0.25, 0.3) is 0 Å². The van der Waals surface area contributed by atoms with Crippen molar-refractivity contribution in [2.24, 2.45) is 5.92 Å². The molecule has 1 aliphatic heterocycles. The maximum Gasteiger partial charge on any atom is 0.321 e.